The molecular formula is C9H18NO2+. The number of quaternary nitrogens is 1. The second kappa shape index (κ2) is 4.26. The molecule has 0 aromatic heterocycles. The van der Waals surface area contributed by atoms with Crippen molar-refractivity contribution in [1.82, 2.24) is 0 Å². The van der Waals surface area contributed by atoms with E-state index in [0.29, 0.717) is 16.8 Å². The third-order valence-corrected chi connectivity index (χ3v) is 1.75. The van der Waals surface area contributed by atoms with Crippen molar-refractivity contribution in [2.24, 2.45) is 0 Å². The summed E-state index contributed by atoms with van der Waals surface area (Å²) in [6.45, 7) is 8.54. The third-order valence-electron chi connectivity index (χ3n) is 1.75. The minimum Gasteiger partial charge on any atom is -0.412 e. The van der Waals surface area contributed by atoms with Gasteiger partial charge in [0.1, 0.15) is 0 Å². The highest BCUT2D eigenvalue weighted by molar-refractivity contribution is 5.86. The van der Waals surface area contributed by atoms with Crippen LogP contribution in [-0.2, 0) is 9.53 Å². The lowest BCUT2D eigenvalue weighted by molar-refractivity contribution is -0.905. The van der Waals surface area contributed by atoms with Gasteiger partial charge in [-0.3, -0.25) is 4.48 Å². The first-order valence-corrected chi connectivity index (χ1v) is 4.03. The van der Waals surface area contributed by atoms with Gasteiger partial charge in [0.15, 0.2) is 0 Å². The van der Waals surface area contributed by atoms with E-state index < -0.39 is 0 Å². The number of esters is 1. The van der Waals surface area contributed by atoms with E-state index in [1.165, 1.54) is 0 Å². The van der Waals surface area contributed by atoms with Gasteiger partial charge in [0.25, 0.3) is 0 Å². The predicted molar refractivity (Wildman–Crippen MR) is 48.4 cm³/mol. The fourth-order valence-electron chi connectivity index (χ4n) is 0.448. The highest BCUT2D eigenvalue weighted by Gasteiger charge is 2.14. The molecular weight excluding hydrogens is 154 g/mol. The topological polar surface area (TPSA) is 26.3 Å². The Morgan fingerprint density at radius 1 is 1.50 bits per heavy atom. The summed E-state index contributed by atoms with van der Waals surface area (Å²) < 4.78 is 5.67. The van der Waals surface area contributed by atoms with Crippen molar-refractivity contribution in [3.8, 4) is 0 Å². The summed E-state index contributed by atoms with van der Waals surface area (Å²) in [5.74, 6) is -0.311. The van der Waals surface area contributed by atoms with Gasteiger partial charge in [-0.2, -0.15) is 0 Å². The fraction of sp³-hybridized carbons (Fsp3) is 0.667. The molecule has 0 atom stereocenters. The molecule has 0 radical (unpaired) electrons. The van der Waals surface area contributed by atoms with E-state index in [1.807, 2.05) is 14.1 Å². The van der Waals surface area contributed by atoms with Gasteiger partial charge in [-0.25, -0.2) is 4.79 Å². The van der Waals surface area contributed by atoms with Gasteiger partial charge in [-0.1, -0.05) is 6.58 Å². The lowest BCUT2D eigenvalue weighted by Crippen LogP contribution is -2.41. The smallest absolute Gasteiger partial charge is 0.337 e. The van der Waals surface area contributed by atoms with Gasteiger partial charge in [0.2, 0.25) is 6.73 Å². The summed E-state index contributed by atoms with van der Waals surface area (Å²) in [5, 5.41) is 0. The maximum Gasteiger partial charge on any atom is 0.337 e. The Morgan fingerprint density at radius 3 is 2.33 bits per heavy atom. The molecule has 0 aliphatic heterocycles. The molecule has 0 aromatic rings. The number of carbonyl (C=O) groups excluding carboxylic acids is 1. The van der Waals surface area contributed by atoms with E-state index in [0.717, 1.165) is 6.54 Å². The van der Waals surface area contributed by atoms with Crippen LogP contribution in [0.25, 0.3) is 0 Å². The molecule has 0 aliphatic carbocycles. The summed E-state index contributed by atoms with van der Waals surface area (Å²) in [7, 11) is 4.01. The third kappa shape index (κ3) is 4.13. The minimum absolute atomic E-state index is 0.311. The monoisotopic (exact) mass is 172 g/mol. The van der Waals surface area contributed by atoms with Crippen LogP contribution in [0.2, 0.25) is 0 Å². The molecule has 0 fully saturated rings. The van der Waals surface area contributed by atoms with Crippen molar-refractivity contribution in [1.29, 1.82) is 0 Å². The van der Waals surface area contributed by atoms with Crippen LogP contribution < -0.4 is 0 Å². The standard InChI is InChI=1S/C9H18NO2/c1-6-10(4,5)7-12-9(11)8(2)3/h2,6-7H2,1,3-5H3/q+1. The number of carbonyl (C=O) groups is 1. The molecule has 0 rings (SSSR count). The van der Waals surface area contributed by atoms with Crippen molar-refractivity contribution < 1.29 is 14.0 Å². The van der Waals surface area contributed by atoms with Crippen molar-refractivity contribution in [2.45, 2.75) is 13.8 Å². The number of hydrogen-bond donors (Lipinski definition) is 0. The van der Waals surface area contributed by atoms with E-state index in [9.17, 15) is 4.79 Å². The molecule has 3 heteroatoms. The lowest BCUT2D eigenvalue weighted by Gasteiger charge is -2.26. The molecule has 0 N–H and O–H groups in total. The summed E-state index contributed by atoms with van der Waals surface area (Å²) in [4.78, 5) is 11.0. The van der Waals surface area contributed by atoms with E-state index >= 15 is 0 Å². The first kappa shape index (κ1) is 11.2. The molecule has 0 saturated carbocycles. The average Bonchev–Trinajstić information content (AvgIpc) is 2.00. The highest BCUT2D eigenvalue weighted by Crippen LogP contribution is 1.99. The second-order valence-corrected chi connectivity index (χ2v) is 3.59. The summed E-state index contributed by atoms with van der Waals surface area (Å²) in [6, 6.07) is 0. The molecule has 0 aliphatic rings. The zero-order chi connectivity index (χ0) is 9.78. The molecule has 0 amide bonds. The Hall–Kier alpha value is -0.830. The number of rotatable bonds is 4. The van der Waals surface area contributed by atoms with E-state index in [1.54, 1.807) is 6.92 Å². The normalized spacial score (nSPS) is 11.0. The minimum atomic E-state index is -0.311. The Kier molecular flexibility index (Phi) is 3.96. The summed E-state index contributed by atoms with van der Waals surface area (Å²) >= 11 is 0. The second-order valence-electron chi connectivity index (χ2n) is 3.59. The fourth-order valence-corrected chi connectivity index (χ4v) is 0.448. The molecule has 0 heterocycles. The van der Waals surface area contributed by atoms with Crippen LogP contribution in [0.4, 0.5) is 0 Å². The van der Waals surface area contributed by atoms with Gasteiger partial charge in [-0.15, -0.1) is 0 Å². The van der Waals surface area contributed by atoms with Crippen LogP contribution in [0.5, 0.6) is 0 Å². The first-order chi connectivity index (χ1) is 5.39. The molecule has 0 aromatic carbocycles. The van der Waals surface area contributed by atoms with Gasteiger partial charge < -0.3 is 4.74 Å². The molecule has 12 heavy (non-hydrogen) atoms. The van der Waals surface area contributed by atoms with Crippen LogP contribution >= 0.6 is 0 Å². The van der Waals surface area contributed by atoms with Crippen molar-refractivity contribution in [2.75, 3.05) is 27.4 Å². The molecule has 3 nitrogen and oxygen atoms in total. The summed E-state index contributed by atoms with van der Waals surface area (Å²) in [6.07, 6.45) is 0. The molecule has 0 unspecified atom stereocenters. The Balaban J connectivity index is 3.83. The zero-order valence-electron chi connectivity index (χ0n) is 8.39. The van der Waals surface area contributed by atoms with E-state index in [-0.39, 0.29) is 5.97 Å². The van der Waals surface area contributed by atoms with Gasteiger partial charge in [-0.05, 0) is 13.8 Å². The van der Waals surface area contributed by atoms with Crippen LogP contribution in [0.3, 0.4) is 0 Å². The number of nitrogens with zero attached hydrogens (tertiary/aromatic N) is 1. The van der Waals surface area contributed by atoms with Crippen molar-refractivity contribution in [3.63, 3.8) is 0 Å². The molecule has 0 bridgehead atoms. The van der Waals surface area contributed by atoms with Gasteiger partial charge in [0.05, 0.1) is 20.6 Å². The van der Waals surface area contributed by atoms with Gasteiger partial charge >= 0.3 is 5.97 Å². The SMILES string of the molecule is C=C(C)C(=O)OC[N+](C)(C)CC. The predicted octanol–water partition coefficient (Wildman–Crippen LogP) is 1.16. The van der Waals surface area contributed by atoms with Crippen molar-refractivity contribution >= 4 is 5.97 Å². The number of hydrogen-bond acceptors (Lipinski definition) is 2. The van der Waals surface area contributed by atoms with Crippen LogP contribution in [0.1, 0.15) is 13.8 Å². The van der Waals surface area contributed by atoms with Crippen LogP contribution in [0, 0.1) is 0 Å². The maximum absolute atomic E-state index is 11.0. The largest absolute Gasteiger partial charge is 0.412 e. The zero-order valence-corrected chi connectivity index (χ0v) is 8.39. The maximum atomic E-state index is 11.0. The van der Waals surface area contributed by atoms with Crippen molar-refractivity contribution in [3.05, 3.63) is 12.2 Å². The Labute approximate surface area is 74.2 Å². The number of ether oxygens (including phenoxy) is 1. The lowest BCUT2D eigenvalue weighted by atomic mass is 10.4. The van der Waals surface area contributed by atoms with Crippen LogP contribution in [0.15, 0.2) is 12.2 Å². The summed E-state index contributed by atoms with van der Waals surface area (Å²) in [5.41, 5.74) is 0.450. The molecule has 0 spiro atoms. The van der Waals surface area contributed by atoms with E-state index in [4.69, 9.17) is 4.74 Å². The highest BCUT2D eigenvalue weighted by atomic mass is 16.5. The first-order valence-electron chi connectivity index (χ1n) is 4.03. The molecule has 0 saturated heterocycles. The van der Waals surface area contributed by atoms with Gasteiger partial charge in [0, 0.05) is 5.57 Å². The quantitative estimate of drug-likeness (QED) is 0.275. The Morgan fingerprint density at radius 2 is 2.00 bits per heavy atom. The average molecular weight is 172 g/mol. The van der Waals surface area contributed by atoms with E-state index in [2.05, 4.69) is 13.5 Å². The molecule has 70 valence electrons. The Bertz CT molecular complexity index is 185. The van der Waals surface area contributed by atoms with Crippen LogP contribution in [-0.4, -0.2) is 37.8 Å².